The zero-order chi connectivity index (χ0) is 8.97. The van der Waals surface area contributed by atoms with E-state index in [1.54, 1.807) is 4.90 Å². The summed E-state index contributed by atoms with van der Waals surface area (Å²) in [5, 5.41) is 8.53. The Bertz CT molecular complexity index is 163. The highest BCUT2D eigenvalue weighted by molar-refractivity contribution is 5.69. The van der Waals surface area contributed by atoms with Crippen LogP contribution in [0.3, 0.4) is 0 Å². The van der Waals surface area contributed by atoms with Gasteiger partial charge in [0.05, 0.1) is 6.54 Å². The number of hydrogen-bond donors (Lipinski definition) is 2. The highest BCUT2D eigenvalue weighted by Crippen LogP contribution is 2.09. The van der Waals surface area contributed by atoms with Gasteiger partial charge in [-0.1, -0.05) is 0 Å². The Balaban J connectivity index is 2.31. The second-order valence-electron chi connectivity index (χ2n) is 2.76. The van der Waals surface area contributed by atoms with Gasteiger partial charge in [-0.15, -0.1) is 0 Å². The number of aliphatic hydroxyl groups excluding tert-OH is 1. The molecule has 0 bridgehead atoms. The van der Waals surface area contributed by atoms with Gasteiger partial charge in [0.2, 0.25) is 0 Å². The van der Waals surface area contributed by atoms with Crippen LogP contribution in [0.25, 0.3) is 0 Å². The van der Waals surface area contributed by atoms with Gasteiger partial charge in [0, 0.05) is 19.7 Å². The van der Waals surface area contributed by atoms with E-state index in [0.29, 0.717) is 26.1 Å². The monoisotopic (exact) mass is 174 g/mol. The number of aliphatic hydroxyl groups is 1. The third-order valence-electron chi connectivity index (χ3n) is 1.80. The maximum absolute atomic E-state index is 11.0. The Hall–Kier alpha value is -0.810. The van der Waals surface area contributed by atoms with Crippen LogP contribution in [0, 0.1) is 0 Å². The normalized spacial score (nSPS) is 23.0. The summed E-state index contributed by atoms with van der Waals surface area (Å²) in [5.74, 6) is 0. The van der Waals surface area contributed by atoms with E-state index in [4.69, 9.17) is 15.6 Å². The van der Waals surface area contributed by atoms with Crippen LogP contribution in [0.15, 0.2) is 0 Å². The average molecular weight is 174 g/mol. The smallest absolute Gasteiger partial charge is 0.410 e. The maximum atomic E-state index is 11.0. The van der Waals surface area contributed by atoms with Crippen LogP contribution < -0.4 is 5.73 Å². The van der Waals surface area contributed by atoms with Gasteiger partial charge < -0.3 is 20.5 Å². The number of nitrogens with two attached hydrogens (primary N) is 1. The van der Waals surface area contributed by atoms with Gasteiger partial charge in [0.1, 0.15) is 6.10 Å². The minimum atomic E-state index is -0.320. The van der Waals surface area contributed by atoms with Crippen molar-refractivity contribution in [2.75, 3.05) is 26.2 Å². The predicted molar refractivity (Wildman–Crippen MR) is 42.6 cm³/mol. The van der Waals surface area contributed by atoms with Crippen molar-refractivity contribution in [2.24, 2.45) is 5.73 Å². The number of amides is 1. The van der Waals surface area contributed by atoms with Crippen LogP contribution in [-0.4, -0.2) is 48.4 Å². The van der Waals surface area contributed by atoms with Crippen LogP contribution in [0.5, 0.6) is 0 Å². The molecule has 5 heteroatoms. The van der Waals surface area contributed by atoms with E-state index >= 15 is 0 Å². The van der Waals surface area contributed by atoms with Crippen LogP contribution in [0.2, 0.25) is 0 Å². The first-order valence-corrected chi connectivity index (χ1v) is 4.04. The van der Waals surface area contributed by atoms with Crippen LogP contribution >= 0.6 is 0 Å². The SMILES string of the molecule is NC[C@H]1CN(CCCO)C(=O)O1. The summed E-state index contributed by atoms with van der Waals surface area (Å²) in [6.07, 6.45) is 0.0990. The average Bonchev–Trinajstić information content (AvgIpc) is 2.43. The Morgan fingerprint density at radius 1 is 1.75 bits per heavy atom. The van der Waals surface area contributed by atoms with Crippen molar-refractivity contribution >= 4 is 6.09 Å². The fraction of sp³-hybridized carbons (Fsp3) is 0.857. The molecule has 1 saturated heterocycles. The summed E-state index contributed by atoms with van der Waals surface area (Å²) in [4.78, 5) is 12.6. The number of nitrogens with zero attached hydrogens (tertiary/aromatic N) is 1. The first kappa shape index (κ1) is 9.28. The van der Waals surface area contributed by atoms with Gasteiger partial charge in [-0.2, -0.15) is 0 Å². The molecule has 1 amide bonds. The van der Waals surface area contributed by atoms with E-state index in [9.17, 15) is 4.79 Å². The second-order valence-corrected chi connectivity index (χ2v) is 2.76. The summed E-state index contributed by atoms with van der Waals surface area (Å²) in [6.45, 7) is 1.56. The lowest BCUT2D eigenvalue weighted by molar-refractivity contribution is 0.134. The summed E-state index contributed by atoms with van der Waals surface area (Å²) >= 11 is 0. The molecule has 1 aliphatic rings. The predicted octanol–water partition coefficient (Wildman–Crippen LogP) is -0.852. The number of ether oxygens (including phenoxy) is 1. The van der Waals surface area contributed by atoms with E-state index in [-0.39, 0.29) is 18.8 Å². The highest BCUT2D eigenvalue weighted by atomic mass is 16.6. The molecule has 3 N–H and O–H groups in total. The molecular weight excluding hydrogens is 160 g/mol. The Morgan fingerprint density at radius 3 is 3.00 bits per heavy atom. The zero-order valence-electron chi connectivity index (χ0n) is 6.90. The molecule has 0 radical (unpaired) electrons. The molecule has 1 rings (SSSR count). The van der Waals surface area contributed by atoms with Crippen molar-refractivity contribution in [1.29, 1.82) is 0 Å². The fourth-order valence-corrected chi connectivity index (χ4v) is 1.14. The summed E-state index contributed by atoms with van der Waals surface area (Å²) in [5.41, 5.74) is 5.33. The van der Waals surface area contributed by atoms with Gasteiger partial charge in [-0.25, -0.2) is 4.79 Å². The van der Waals surface area contributed by atoms with Crippen molar-refractivity contribution in [3.63, 3.8) is 0 Å². The van der Waals surface area contributed by atoms with Gasteiger partial charge in [0.25, 0.3) is 0 Å². The molecule has 70 valence electrons. The lowest BCUT2D eigenvalue weighted by Crippen LogP contribution is -2.28. The molecule has 0 saturated carbocycles. The molecule has 0 aromatic heterocycles. The largest absolute Gasteiger partial charge is 0.443 e. The molecule has 1 fully saturated rings. The number of carbonyl (C=O) groups is 1. The van der Waals surface area contributed by atoms with Crippen molar-refractivity contribution in [3.05, 3.63) is 0 Å². The van der Waals surface area contributed by atoms with E-state index < -0.39 is 0 Å². The van der Waals surface area contributed by atoms with Gasteiger partial charge in [-0.05, 0) is 6.42 Å². The zero-order valence-corrected chi connectivity index (χ0v) is 6.90. The van der Waals surface area contributed by atoms with E-state index in [1.165, 1.54) is 0 Å². The molecule has 12 heavy (non-hydrogen) atoms. The maximum Gasteiger partial charge on any atom is 0.410 e. The topological polar surface area (TPSA) is 75.8 Å². The van der Waals surface area contributed by atoms with Gasteiger partial charge >= 0.3 is 6.09 Å². The van der Waals surface area contributed by atoms with Crippen LogP contribution in [0.1, 0.15) is 6.42 Å². The lowest BCUT2D eigenvalue weighted by Gasteiger charge is -2.10. The number of carbonyl (C=O) groups excluding carboxylic acids is 1. The second kappa shape index (κ2) is 4.27. The Morgan fingerprint density at radius 2 is 2.50 bits per heavy atom. The number of hydrogen-bond acceptors (Lipinski definition) is 4. The van der Waals surface area contributed by atoms with Crippen molar-refractivity contribution in [2.45, 2.75) is 12.5 Å². The van der Waals surface area contributed by atoms with Crippen molar-refractivity contribution in [3.8, 4) is 0 Å². The van der Waals surface area contributed by atoms with E-state index in [2.05, 4.69) is 0 Å². The standard InChI is InChI=1S/C7H14N2O3/c8-4-6-5-9(2-1-3-10)7(11)12-6/h6,10H,1-5,8H2/t6-/m0/s1. The summed E-state index contributed by atoms with van der Waals surface area (Å²) in [7, 11) is 0. The minimum Gasteiger partial charge on any atom is -0.443 e. The van der Waals surface area contributed by atoms with E-state index in [0.717, 1.165) is 0 Å². The highest BCUT2D eigenvalue weighted by Gasteiger charge is 2.29. The molecule has 0 spiro atoms. The molecule has 0 aromatic carbocycles. The summed E-state index contributed by atoms with van der Waals surface area (Å²) < 4.78 is 4.90. The minimum absolute atomic E-state index is 0.0943. The Labute approximate surface area is 71.1 Å². The van der Waals surface area contributed by atoms with Crippen LogP contribution in [-0.2, 0) is 4.74 Å². The summed E-state index contributed by atoms with van der Waals surface area (Å²) in [6, 6.07) is 0. The van der Waals surface area contributed by atoms with Crippen LogP contribution in [0.4, 0.5) is 4.79 Å². The lowest BCUT2D eigenvalue weighted by atomic mass is 10.3. The first-order chi connectivity index (χ1) is 5.77. The molecular formula is C7H14N2O3. The first-order valence-electron chi connectivity index (χ1n) is 4.04. The quantitative estimate of drug-likeness (QED) is 0.582. The molecule has 5 nitrogen and oxygen atoms in total. The van der Waals surface area contributed by atoms with E-state index in [1.807, 2.05) is 0 Å². The molecule has 1 aliphatic heterocycles. The number of cyclic esters (lactones) is 1. The van der Waals surface area contributed by atoms with Crippen molar-refractivity contribution < 1.29 is 14.6 Å². The third kappa shape index (κ3) is 2.09. The molecule has 0 unspecified atom stereocenters. The van der Waals surface area contributed by atoms with Gasteiger partial charge in [0.15, 0.2) is 0 Å². The van der Waals surface area contributed by atoms with Crippen molar-refractivity contribution in [1.82, 2.24) is 4.90 Å². The third-order valence-corrected chi connectivity index (χ3v) is 1.80. The Kier molecular flexibility index (Phi) is 3.31. The molecule has 1 atom stereocenters. The fourth-order valence-electron chi connectivity index (χ4n) is 1.14. The molecule has 0 aliphatic carbocycles. The number of rotatable bonds is 4. The molecule has 1 heterocycles. The molecule has 0 aromatic rings. The van der Waals surface area contributed by atoms with Gasteiger partial charge in [-0.3, -0.25) is 0 Å².